The average Bonchev–Trinajstić information content (AvgIpc) is 3.31. The Balaban J connectivity index is 1.53. The van der Waals surface area contributed by atoms with Crippen molar-refractivity contribution in [1.29, 1.82) is 0 Å². The number of hydrogen-bond acceptors (Lipinski definition) is 6. The van der Waals surface area contributed by atoms with Gasteiger partial charge >= 0.3 is 0 Å². The highest BCUT2D eigenvalue weighted by molar-refractivity contribution is 7.17. The third-order valence-electron chi connectivity index (χ3n) is 4.73. The Morgan fingerprint density at radius 2 is 2.16 bits per heavy atom. The summed E-state index contributed by atoms with van der Waals surface area (Å²) >= 11 is 3.13. The van der Waals surface area contributed by atoms with Gasteiger partial charge < -0.3 is 11.1 Å². The van der Waals surface area contributed by atoms with E-state index in [9.17, 15) is 4.79 Å². The van der Waals surface area contributed by atoms with Gasteiger partial charge in [-0.25, -0.2) is 4.98 Å². The lowest BCUT2D eigenvalue weighted by molar-refractivity contribution is -0.121. The van der Waals surface area contributed by atoms with Crippen molar-refractivity contribution < 1.29 is 4.79 Å². The van der Waals surface area contributed by atoms with Crippen LogP contribution in [0.25, 0.3) is 10.6 Å². The van der Waals surface area contributed by atoms with Crippen LogP contribution in [0.2, 0.25) is 0 Å². The summed E-state index contributed by atoms with van der Waals surface area (Å²) in [7, 11) is 0. The largest absolute Gasteiger partial charge is 0.375 e. The number of thiophene rings is 1. The van der Waals surface area contributed by atoms with E-state index < -0.39 is 0 Å². The Bertz CT molecular complexity index is 703. The van der Waals surface area contributed by atoms with Crippen LogP contribution in [0.4, 0.5) is 5.13 Å². The normalized spacial score (nSPS) is 15.6. The summed E-state index contributed by atoms with van der Waals surface area (Å²) in [4.78, 5) is 21.4. The molecule has 0 aliphatic carbocycles. The van der Waals surface area contributed by atoms with Crippen LogP contribution in [0.3, 0.4) is 0 Å². The van der Waals surface area contributed by atoms with Crippen LogP contribution < -0.4 is 11.1 Å². The summed E-state index contributed by atoms with van der Waals surface area (Å²) < 4.78 is 0. The molecule has 3 heterocycles. The molecule has 136 valence electrons. The number of likely N-dealkylation sites (tertiary alicyclic amines) is 1. The monoisotopic (exact) mass is 378 g/mol. The van der Waals surface area contributed by atoms with Gasteiger partial charge in [-0.15, -0.1) is 22.7 Å². The van der Waals surface area contributed by atoms with E-state index in [-0.39, 0.29) is 11.4 Å². The lowest BCUT2D eigenvalue weighted by Crippen LogP contribution is -2.50. The Morgan fingerprint density at radius 1 is 1.40 bits per heavy atom. The van der Waals surface area contributed by atoms with Gasteiger partial charge in [0.1, 0.15) is 0 Å². The lowest BCUT2D eigenvalue weighted by Gasteiger charge is -2.35. The average molecular weight is 379 g/mol. The number of carbonyl (C=O) groups excluding carboxylic acids is 1. The Labute approximate surface area is 157 Å². The molecule has 5 nitrogen and oxygen atoms in total. The molecule has 25 heavy (non-hydrogen) atoms. The van der Waals surface area contributed by atoms with Crippen molar-refractivity contribution in [2.75, 3.05) is 25.4 Å². The van der Waals surface area contributed by atoms with Crippen molar-refractivity contribution in [3.8, 4) is 10.6 Å². The van der Waals surface area contributed by atoms with Gasteiger partial charge in [-0.05, 0) is 57.6 Å². The Kier molecular flexibility index (Phi) is 5.76. The van der Waals surface area contributed by atoms with Gasteiger partial charge in [0, 0.05) is 23.4 Å². The summed E-state index contributed by atoms with van der Waals surface area (Å²) in [6, 6.07) is 4.05. The molecule has 0 aromatic carbocycles. The number of aromatic nitrogens is 1. The minimum atomic E-state index is 0.0171. The van der Waals surface area contributed by atoms with Crippen LogP contribution in [0.5, 0.6) is 0 Å². The highest BCUT2D eigenvalue weighted by atomic mass is 32.1. The molecule has 2 aromatic rings. The molecule has 1 aliphatic rings. The molecule has 3 N–H and O–H groups in total. The molecule has 1 amide bonds. The zero-order chi connectivity index (χ0) is 17.9. The van der Waals surface area contributed by atoms with Crippen LogP contribution >= 0.6 is 22.7 Å². The van der Waals surface area contributed by atoms with E-state index in [4.69, 9.17) is 5.73 Å². The number of nitrogens with zero attached hydrogens (tertiary/aromatic N) is 2. The SMILES string of the molecule is CC(C)(CNC(=O)CCc1sc(N)nc1-c1cccs1)N1CCCC1. The predicted molar refractivity (Wildman–Crippen MR) is 106 cm³/mol. The number of nitrogens with one attached hydrogen (secondary N) is 1. The van der Waals surface area contributed by atoms with Crippen molar-refractivity contribution in [2.45, 2.75) is 45.1 Å². The molecule has 0 unspecified atom stereocenters. The maximum atomic E-state index is 12.3. The molecule has 1 saturated heterocycles. The number of aryl methyl sites for hydroxylation is 1. The fraction of sp³-hybridized carbons (Fsp3) is 0.556. The van der Waals surface area contributed by atoms with Crippen molar-refractivity contribution in [1.82, 2.24) is 15.2 Å². The molecule has 0 saturated carbocycles. The maximum absolute atomic E-state index is 12.3. The van der Waals surface area contributed by atoms with Gasteiger partial charge in [0.25, 0.3) is 0 Å². The highest BCUT2D eigenvalue weighted by Gasteiger charge is 2.29. The molecular formula is C18H26N4OS2. The molecule has 0 spiro atoms. The fourth-order valence-corrected chi connectivity index (χ4v) is 4.86. The summed E-state index contributed by atoms with van der Waals surface area (Å²) in [5.41, 5.74) is 6.83. The zero-order valence-electron chi connectivity index (χ0n) is 14.9. The van der Waals surface area contributed by atoms with Gasteiger partial charge in [0.2, 0.25) is 5.91 Å². The molecule has 1 fully saturated rings. The molecule has 0 radical (unpaired) electrons. The van der Waals surface area contributed by atoms with Crippen LogP contribution in [0, 0.1) is 0 Å². The van der Waals surface area contributed by atoms with Crippen molar-refractivity contribution in [2.24, 2.45) is 0 Å². The second kappa shape index (κ2) is 7.85. The fourth-order valence-electron chi connectivity index (χ4n) is 3.21. The predicted octanol–water partition coefficient (Wildman–Crippen LogP) is 3.38. The summed E-state index contributed by atoms with van der Waals surface area (Å²) in [6.07, 6.45) is 3.67. The summed E-state index contributed by atoms with van der Waals surface area (Å²) in [6.45, 7) is 7.36. The first-order chi connectivity index (χ1) is 12.0. The van der Waals surface area contributed by atoms with Crippen molar-refractivity contribution in [3.05, 3.63) is 22.4 Å². The van der Waals surface area contributed by atoms with E-state index in [1.807, 2.05) is 17.5 Å². The zero-order valence-corrected chi connectivity index (χ0v) is 16.5. The van der Waals surface area contributed by atoms with Crippen LogP contribution in [0.1, 0.15) is 38.0 Å². The number of rotatable bonds is 7. The molecule has 0 bridgehead atoms. The van der Waals surface area contributed by atoms with Crippen LogP contribution in [0.15, 0.2) is 17.5 Å². The van der Waals surface area contributed by atoms with Crippen molar-refractivity contribution >= 4 is 33.7 Å². The van der Waals surface area contributed by atoms with Gasteiger partial charge in [-0.3, -0.25) is 9.69 Å². The maximum Gasteiger partial charge on any atom is 0.220 e. The third kappa shape index (κ3) is 4.59. The summed E-state index contributed by atoms with van der Waals surface area (Å²) in [5, 5.41) is 5.70. The van der Waals surface area contributed by atoms with Crippen molar-refractivity contribution in [3.63, 3.8) is 0 Å². The number of thiazole rings is 1. The van der Waals surface area contributed by atoms with Crippen LogP contribution in [-0.2, 0) is 11.2 Å². The number of nitrogens with two attached hydrogens (primary N) is 1. The lowest BCUT2D eigenvalue weighted by atomic mass is 10.0. The minimum Gasteiger partial charge on any atom is -0.375 e. The standard InChI is InChI=1S/C18H26N4OS2/c1-18(2,22-9-3-4-10-22)12-20-15(23)8-7-14-16(21-17(19)25-14)13-6-5-11-24-13/h5-6,11H,3-4,7-10,12H2,1-2H3,(H2,19,21)(H,20,23). The van der Waals surface area contributed by atoms with E-state index in [0.717, 1.165) is 28.5 Å². The topological polar surface area (TPSA) is 71.2 Å². The first-order valence-electron chi connectivity index (χ1n) is 8.76. The smallest absolute Gasteiger partial charge is 0.220 e. The second-order valence-corrected chi connectivity index (χ2v) is 9.15. The third-order valence-corrected chi connectivity index (χ3v) is 6.55. The molecule has 1 aliphatic heterocycles. The quantitative estimate of drug-likeness (QED) is 0.775. The van der Waals surface area contributed by atoms with Gasteiger partial charge in [0.05, 0.1) is 10.6 Å². The first kappa shape index (κ1) is 18.4. The number of anilines is 1. The number of nitrogen functional groups attached to an aromatic ring is 1. The number of hydrogen-bond donors (Lipinski definition) is 2. The van der Waals surface area contributed by atoms with E-state index in [2.05, 4.69) is 29.0 Å². The van der Waals surface area contributed by atoms with Crippen LogP contribution in [-0.4, -0.2) is 41.0 Å². The highest BCUT2D eigenvalue weighted by Crippen LogP contribution is 2.33. The van der Waals surface area contributed by atoms with E-state index in [1.54, 1.807) is 11.3 Å². The molecule has 7 heteroatoms. The second-order valence-electron chi connectivity index (χ2n) is 7.08. The van der Waals surface area contributed by atoms with Gasteiger partial charge in [0.15, 0.2) is 5.13 Å². The molecule has 3 rings (SSSR count). The van der Waals surface area contributed by atoms with E-state index in [1.165, 1.54) is 24.2 Å². The first-order valence-corrected chi connectivity index (χ1v) is 10.5. The minimum absolute atomic E-state index is 0.0171. The molecule has 0 atom stereocenters. The van der Waals surface area contributed by atoms with E-state index in [0.29, 0.717) is 24.5 Å². The summed E-state index contributed by atoms with van der Waals surface area (Å²) in [5.74, 6) is 0.0939. The molecule has 2 aromatic heterocycles. The number of carbonyl (C=O) groups is 1. The van der Waals surface area contributed by atoms with E-state index >= 15 is 0 Å². The number of amides is 1. The van der Waals surface area contributed by atoms with Gasteiger partial charge in [-0.2, -0.15) is 0 Å². The Morgan fingerprint density at radius 3 is 2.84 bits per heavy atom. The van der Waals surface area contributed by atoms with Gasteiger partial charge in [-0.1, -0.05) is 6.07 Å². The Hall–Kier alpha value is -1.44. The molecular weight excluding hydrogens is 352 g/mol.